The third-order valence-corrected chi connectivity index (χ3v) is 6.35. The van der Waals surface area contributed by atoms with Gasteiger partial charge in [-0.25, -0.2) is 18.3 Å². The molecule has 2 N–H and O–H groups in total. The summed E-state index contributed by atoms with van der Waals surface area (Å²) in [7, 11) is 0. The number of nitrogens with one attached hydrogen (secondary N) is 2. The lowest BCUT2D eigenvalue weighted by Gasteiger charge is -2.14. The van der Waals surface area contributed by atoms with Crippen LogP contribution in [0.5, 0.6) is 0 Å². The highest BCUT2D eigenvalue weighted by Gasteiger charge is 2.25. The van der Waals surface area contributed by atoms with Crippen molar-refractivity contribution in [1.29, 1.82) is 0 Å². The Morgan fingerprint density at radius 2 is 1.79 bits per heavy atom. The van der Waals surface area contributed by atoms with Crippen LogP contribution in [0.4, 0.5) is 8.78 Å². The van der Waals surface area contributed by atoms with Crippen molar-refractivity contribution in [2.45, 2.75) is 26.8 Å². The van der Waals surface area contributed by atoms with E-state index in [0.717, 1.165) is 17.8 Å². The lowest BCUT2D eigenvalue weighted by molar-refractivity contribution is 0.608. The maximum atomic E-state index is 15.2. The van der Waals surface area contributed by atoms with Gasteiger partial charge in [0.2, 0.25) is 0 Å². The van der Waals surface area contributed by atoms with Crippen molar-refractivity contribution in [3.63, 3.8) is 0 Å². The average molecular weight is 461 g/mol. The van der Waals surface area contributed by atoms with Gasteiger partial charge < -0.3 is 5.32 Å². The number of benzene rings is 2. The highest BCUT2D eigenvalue weighted by molar-refractivity contribution is 5.81. The first-order valence-electron chi connectivity index (χ1n) is 10.9. The smallest absolute Gasteiger partial charge is 0.312 e. The predicted molar refractivity (Wildman–Crippen MR) is 123 cm³/mol. The number of aryl methyl sites for hydroxylation is 2. The number of halogens is 2. The summed E-state index contributed by atoms with van der Waals surface area (Å²) in [5, 5.41) is 15.0. The van der Waals surface area contributed by atoms with Gasteiger partial charge in [0.1, 0.15) is 11.6 Å². The number of aromatic nitrogens is 6. The molecule has 0 fully saturated rings. The monoisotopic (exact) mass is 461 g/mol. The summed E-state index contributed by atoms with van der Waals surface area (Å²) >= 11 is 0. The molecule has 4 heterocycles. The number of aromatic amines is 1. The Labute approximate surface area is 192 Å². The van der Waals surface area contributed by atoms with Gasteiger partial charge in [0.25, 0.3) is 0 Å². The van der Waals surface area contributed by atoms with Gasteiger partial charge in [-0.2, -0.15) is 10.2 Å². The van der Waals surface area contributed by atoms with Crippen molar-refractivity contribution >= 4 is 10.9 Å². The van der Waals surface area contributed by atoms with Crippen LogP contribution in [0, 0.1) is 25.5 Å². The maximum Gasteiger partial charge on any atom is 0.338 e. The number of hydrogen-bond donors (Lipinski definition) is 2. The third kappa shape index (κ3) is 2.95. The molecule has 5 aromatic rings. The van der Waals surface area contributed by atoms with Crippen LogP contribution in [0.2, 0.25) is 0 Å². The third-order valence-electron chi connectivity index (χ3n) is 6.35. The van der Waals surface area contributed by atoms with Crippen LogP contribution in [-0.4, -0.2) is 35.7 Å². The van der Waals surface area contributed by atoms with Gasteiger partial charge in [0.05, 0.1) is 34.2 Å². The summed E-state index contributed by atoms with van der Waals surface area (Å²) in [6.45, 7) is 4.72. The Kier molecular flexibility index (Phi) is 4.53. The van der Waals surface area contributed by atoms with E-state index >= 15 is 4.39 Å². The summed E-state index contributed by atoms with van der Waals surface area (Å²) in [6.07, 6.45) is 5.24. The predicted octanol–water partition coefficient (Wildman–Crippen LogP) is 3.23. The first-order chi connectivity index (χ1) is 16.4. The average Bonchev–Trinajstić information content (AvgIpc) is 3.54. The molecule has 0 unspecified atom stereocenters. The Bertz CT molecular complexity index is 1620. The van der Waals surface area contributed by atoms with Crippen molar-refractivity contribution in [2.24, 2.45) is 0 Å². The summed E-state index contributed by atoms with van der Waals surface area (Å²) in [5.74, 6) is -0.244. The Morgan fingerprint density at radius 3 is 2.59 bits per heavy atom. The second-order valence-corrected chi connectivity index (χ2v) is 8.53. The molecule has 34 heavy (non-hydrogen) atoms. The van der Waals surface area contributed by atoms with Crippen LogP contribution >= 0.6 is 0 Å². The van der Waals surface area contributed by atoms with Gasteiger partial charge >= 0.3 is 5.69 Å². The minimum atomic E-state index is -0.534. The molecule has 0 saturated heterocycles. The SMILES string of the molecule is Cc1cc(-n2nc3c(c2-n2ccn(-c4ccc5[nH]ncc5c4F)c2=O)CNCC3)cc(C)c1F. The summed E-state index contributed by atoms with van der Waals surface area (Å²) < 4.78 is 33.9. The summed E-state index contributed by atoms with van der Waals surface area (Å²) in [5.41, 5.74) is 3.65. The Hall–Kier alpha value is -4.05. The molecule has 8 nitrogen and oxygen atoms in total. The van der Waals surface area contributed by atoms with Crippen molar-refractivity contribution < 1.29 is 8.78 Å². The van der Waals surface area contributed by atoms with Gasteiger partial charge in [-0.3, -0.25) is 14.2 Å². The second-order valence-electron chi connectivity index (χ2n) is 8.53. The zero-order valence-electron chi connectivity index (χ0n) is 18.6. The van der Waals surface area contributed by atoms with E-state index in [1.165, 1.54) is 21.5 Å². The highest BCUT2D eigenvalue weighted by Crippen LogP contribution is 2.27. The van der Waals surface area contributed by atoms with Crippen molar-refractivity contribution in [3.8, 4) is 17.2 Å². The molecule has 0 spiro atoms. The van der Waals surface area contributed by atoms with Crippen LogP contribution in [0.1, 0.15) is 22.4 Å². The van der Waals surface area contributed by atoms with E-state index < -0.39 is 11.5 Å². The number of rotatable bonds is 3. The summed E-state index contributed by atoms with van der Waals surface area (Å²) in [4.78, 5) is 13.6. The van der Waals surface area contributed by atoms with E-state index in [-0.39, 0.29) is 11.5 Å². The fourth-order valence-corrected chi connectivity index (χ4v) is 4.64. The molecule has 1 aliphatic heterocycles. The number of imidazole rings is 1. The zero-order chi connectivity index (χ0) is 23.6. The van der Waals surface area contributed by atoms with E-state index in [1.807, 2.05) is 0 Å². The van der Waals surface area contributed by atoms with Crippen LogP contribution in [0.25, 0.3) is 28.1 Å². The fraction of sp³-hybridized carbons (Fsp3) is 0.208. The molecule has 0 amide bonds. The van der Waals surface area contributed by atoms with Gasteiger partial charge in [-0.15, -0.1) is 0 Å². The van der Waals surface area contributed by atoms with Crippen molar-refractivity contribution in [3.05, 3.63) is 87.4 Å². The molecule has 6 rings (SSSR count). The fourth-order valence-electron chi connectivity index (χ4n) is 4.64. The van der Waals surface area contributed by atoms with Crippen molar-refractivity contribution in [1.82, 2.24) is 34.4 Å². The quantitative estimate of drug-likeness (QED) is 0.432. The molecular formula is C24H21F2N7O. The van der Waals surface area contributed by atoms with Crippen LogP contribution in [0.3, 0.4) is 0 Å². The van der Waals surface area contributed by atoms with Gasteiger partial charge in [0.15, 0.2) is 5.82 Å². The topological polar surface area (TPSA) is 85.5 Å². The van der Waals surface area contributed by atoms with E-state index in [0.29, 0.717) is 46.5 Å². The molecule has 3 aromatic heterocycles. The largest absolute Gasteiger partial charge is 0.338 e. The van der Waals surface area contributed by atoms with Crippen LogP contribution < -0.4 is 11.0 Å². The normalized spacial score (nSPS) is 13.5. The Morgan fingerprint density at radius 1 is 1.03 bits per heavy atom. The number of fused-ring (bicyclic) bond motifs is 2. The number of H-pyrrole nitrogens is 1. The molecule has 10 heteroatoms. The molecule has 1 aliphatic rings. The lowest BCUT2D eigenvalue weighted by Crippen LogP contribution is -2.27. The summed E-state index contributed by atoms with van der Waals surface area (Å²) in [6, 6.07) is 6.66. The molecule has 0 atom stereocenters. The molecule has 0 radical (unpaired) electrons. The lowest BCUT2D eigenvalue weighted by atomic mass is 10.1. The van der Waals surface area contributed by atoms with Gasteiger partial charge in [-0.1, -0.05) is 0 Å². The molecular weight excluding hydrogens is 440 g/mol. The molecule has 0 bridgehead atoms. The van der Waals surface area contributed by atoms with E-state index in [4.69, 9.17) is 5.10 Å². The van der Waals surface area contributed by atoms with E-state index in [9.17, 15) is 9.18 Å². The number of hydrogen-bond acceptors (Lipinski definition) is 4. The van der Waals surface area contributed by atoms with Gasteiger partial charge in [0, 0.05) is 37.5 Å². The second kappa shape index (κ2) is 7.49. The minimum absolute atomic E-state index is 0.129. The molecule has 2 aromatic carbocycles. The van der Waals surface area contributed by atoms with Crippen LogP contribution in [0.15, 0.2) is 47.7 Å². The van der Waals surface area contributed by atoms with E-state index in [2.05, 4.69) is 15.5 Å². The maximum absolute atomic E-state index is 15.2. The molecule has 0 aliphatic carbocycles. The zero-order valence-corrected chi connectivity index (χ0v) is 18.6. The van der Waals surface area contributed by atoms with Crippen LogP contribution in [-0.2, 0) is 13.0 Å². The van der Waals surface area contributed by atoms with Crippen molar-refractivity contribution in [2.75, 3.05) is 6.54 Å². The number of nitrogens with zero attached hydrogens (tertiary/aromatic N) is 5. The Balaban J connectivity index is 1.57. The molecule has 172 valence electrons. The first kappa shape index (κ1) is 20.5. The minimum Gasteiger partial charge on any atom is -0.312 e. The van der Waals surface area contributed by atoms with Gasteiger partial charge in [-0.05, 0) is 49.2 Å². The first-order valence-corrected chi connectivity index (χ1v) is 10.9. The molecule has 0 saturated carbocycles. The standard InChI is InChI=1S/C24H21F2N7O/c1-13-9-15(10-14(2)21(13)25)33-23(17-11-27-6-5-19(17)30-33)32-8-7-31(24(32)34)20-4-3-18-16(22(20)26)12-28-29-18/h3-4,7-10,12,27H,5-6,11H2,1-2H3,(H,28,29). The van der Waals surface area contributed by atoms with E-state index in [1.54, 1.807) is 49.0 Å². The highest BCUT2D eigenvalue weighted by atomic mass is 19.1.